The molecule has 1 fully saturated rings. The van der Waals surface area contributed by atoms with E-state index in [1.165, 1.54) is 44.2 Å². The SMILES string of the molecule is O=C(NC1CCCCCCC1)c1cccc(F)c1. The fraction of sp³-hybridized carbons (Fsp3) is 0.533. The number of hydrogen-bond acceptors (Lipinski definition) is 1. The van der Waals surface area contributed by atoms with Gasteiger partial charge in [0.1, 0.15) is 5.82 Å². The maximum Gasteiger partial charge on any atom is 0.251 e. The molecule has 0 atom stereocenters. The Morgan fingerprint density at radius 1 is 1.11 bits per heavy atom. The van der Waals surface area contributed by atoms with Crippen molar-refractivity contribution < 1.29 is 9.18 Å². The van der Waals surface area contributed by atoms with E-state index in [0.29, 0.717) is 5.56 Å². The summed E-state index contributed by atoms with van der Waals surface area (Å²) in [6.07, 6.45) is 8.26. The highest BCUT2D eigenvalue weighted by molar-refractivity contribution is 5.94. The van der Waals surface area contributed by atoms with Crippen LogP contribution in [-0.4, -0.2) is 11.9 Å². The third-order valence-electron chi connectivity index (χ3n) is 3.53. The first kappa shape index (κ1) is 13.1. The highest BCUT2D eigenvalue weighted by Gasteiger charge is 2.15. The summed E-state index contributed by atoms with van der Waals surface area (Å²) in [7, 11) is 0. The molecule has 0 saturated heterocycles. The van der Waals surface area contributed by atoms with E-state index < -0.39 is 0 Å². The lowest BCUT2D eigenvalue weighted by Crippen LogP contribution is -2.35. The fourth-order valence-corrected chi connectivity index (χ4v) is 2.50. The van der Waals surface area contributed by atoms with Crippen LogP contribution in [0.4, 0.5) is 4.39 Å². The number of halogens is 1. The first-order chi connectivity index (χ1) is 8.75. The van der Waals surface area contributed by atoms with Crippen LogP contribution in [0.3, 0.4) is 0 Å². The van der Waals surface area contributed by atoms with E-state index in [1.807, 2.05) is 0 Å². The first-order valence-corrected chi connectivity index (χ1v) is 6.82. The normalized spacial score (nSPS) is 17.8. The minimum absolute atomic E-state index is 0.153. The summed E-state index contributed by atoms with van der Waals surface area (Å²) in [5, 5.41) is 3.02. The zero-order valence-electron chi connectivity index (χ0n) is 10.6. The number of amides is 1. The monoisotopic (exact) mass is 249 g/mol. The summed E-state index contributed by atoms with van der Waals surface area (Å²) < 4.78 is 13.0. The van der Waals surface area contributed by atoms with E-state index in [1.54, 1.807) is 12.1 Å². The van der Waals surface area contributed by atoms with Gasteiger partial charge in [0, 0.05) is 11.6 Å². The Bertz CT molecular complexity index is 397. The molecular weight excluding hydrogens is 229 g/mol. The molecule has 98 valence electrons. The average molecular weight is 249 g/mol. The first-order valence-electron chi connectivity index (χ1n) is 6.82. The highest BCUT2D eigenvalue weighted by Crippen LogP contribution is 2.17. The smallest absolute Gasteiger partial charge is 0.251 e. The van der Waals surface area contributed by atoms with E-state index in [-0.39, 0.29) is 17.8 Å². The van der Waals surface area contributed by atoms with Crippen LogP contribution in [0.1, 0.15) is 55.3 Å². The van der Waals surface area contributed by atoms with E-state index in [4.69, 9.17) is 0 Å². The van der Waals surface area contributed by atoms with Crippen molar-refractivity contribution in [2.45, 2.75) is 51.0 Å². The molecule has 0 bridgehead atoms. The van der Waals surface area contributed by atoms with Gasteiger partial charge < -0.3 is 5.32 Å². The Labute approximate surface area is 108 Å². The Morgan fingerprint density at radius 3 is 2.44 bits per heavy atom. The predicted molar refractivity (Wildman–Crippen MR) is 70.0 cm³/mol. The Morgan fingerprint density at radius 2 is 1.78 bits per heavy atom. The van der Waals surface area contributed by atoms with Crippen molar-refractivity contribution >= 4 is 5.91 Å². The second kappa shape index (κ2) is 6.53. The minimum Gasteiger partial charge on any atom is -0.349 e. The van der Waals surface area contributed by atoms with Gasteiger partial charge in [-0.25, -0.2) is 4.39 Å². The highest BCUT2D eigenvalue weighted by atomic mass is 19.1. The van der Waals surface area contributed by atoms with Crippen LogP contribution in [0, 0.1) is 5.82 Å². The lowest BCUT2D eigenvalue weighted by Gasteiger charge is -2.21. The molecule has 1 aromatic rings. The molecule has 3 heteroatoms. The predicted octanol–water partition coefficient (Wildman–Crippen LogP) is 3.67. The van der Waals surface area contributed by atoms with Gasteiger partial charge in [0.15, 0.2) is 0 Å². The quantitative estimate of drug-likeness (QED) is 0.851. The van der Waals surface area contributed by atoms with E-state index in [0.717, 1.165) is 12.8 Å². The van der Waals surface area contributed by atoms with Crippen molar-refractivity contribution in [1.82, 2.24) is 5.32 Å². The van der Waals surface area contributed by atoms with Gasteiger partial charge in [-0.15, -0.1) is 0 Å². The van der Waals surface area contributed by atoms with Crippen molar-refractivity contribution in [2.75, 3.05) is 0 Å². The number of benzene rings is 1. The molecule has 1 saturated carbocycles. The van der Waals surface area contributed by atoms with Gasteiger partial charge in [-0.1, -0.05) is 38.2 Å². The molecule has 0 spiro atoms. The van der Waals surface area contributed by atoms with Gasteiger partial charge in [-0.2, -0.15) is 0 Å². The number of nitrogens with one attached hydrogen (secondary N) is 1. The molecule has 0 radical (unpaired) electrons. The Balaban J connectivity index is 1.93. The van der Waals surface area contributed by atoms with Crippen LogP contribution >= 0.6 is 0 Å². The topological polar surface area (TPSA) is 29.1 Å². The van der Waals surface area contributed by atoms with Crippen LogP contribution in [0.2, 0.25) is 0 Å². The zero-order chi connectivity index (χ0) is 12.8. The Kier molecular flexibility index (Phi) is 4.73. The minimum atomic E-state index is -0.361. The van der Waals surface area contributed by atoms with Crippen LogP contribution in [0.5, 0.6) is 0 Å². The molecule has 0 aromatic heterocycles. The molecular formula is C15H20FNO. The van der Waals surface area contributed by atoms with Crippen molar-refractivity contribution in [3.05, 3.63) is 35.6 Å². The van der Waals surface area contributed by atoms with E-state index in [2.05, 4.69) is 5.32 Å². The third-order valence-corrected chi connectivity index (χ3v) is 3.53. The molecule has 1 aromatic carbocycles. The summed E-state index contributed by atoms with van der Waals surface area (Å²) >= 11 is 0. The lowest BCUT2D eigenvalue weighted by molar-refractivity contribution is 0.0930. The summed E-state index contributed by atoms with van der Waals surface area (Å²) in [4.78, 5) is 12.0. The van der Waals surface area contributed by atoms with Crippen molar-refractivity contribution in [1.29, 1.82) is 0 Å². The van der Waals surface area contributed by atoms with Gasteiger partial charge in [0.2, 0.25) is 0 Å². The molecule has 1 amide bonds. The number of carbonyl (C=O) groups is 1. The summed E-state index contributed by atoms with van der Waals surface area (Å²) in [6.45, 7) is 0. The molecule has 0 heterocycles. The summed E-state index contributed by atoms with van der Waals surface area (Å²) in [6, 6.07) is 6.12. The number of rotatable bonds is 2. The molecule has 1 aliphatic carbocycles. The molecule has 0 unspecified atom stereocenters. The van der Waals surface area contributed by atoms with Crippen LogP contribution in [-0.2, 0) is 0 Å². The van der Waals surface area contributed by atoms with E-state index in [9.17, 15) is 9.18 Å². The average Bonchev–Trinajstić information content (AvgIpc) is 2.32. The summed E-state index contributed by atoms with van der Waals surface area (Å²) in [5.41, 5.74) is 0.414. The van der Waals surface area contributed by atoms with Gasteiger partial charge in [-0.05, 0) is 31.0 Å². The fourth-order valence-electron chi connectivity index (χ4n) is 2.50. The summed E-state index contributed by atoms with van der Waals surface area (Å²) in [5.74, 6) is -0.514. The molecule has 2 nitrogen and oxygen atoms in total. The number of carbonyl (C=O) groups excluding carboxylic acids is 1. The standard InChI is InChI=1S/C15H20FNO/c16-13-8-6-7-12(11-13)15(18)17-14-9-4-2-1-3-5-10-14/h6-8,11,14H,1-5,9-10H2,(H,17,18). The van der Waals surface area contributed by atoms with Crippen molar-refractivity contribution in [3.8, 4) is 0 Å². The van der Waals surface area contributed by atoms with E-state index >= 15 is 0 Å². The van der Waals surface area contributed by atoms with Crippen LogP contribution in [0.15, 0.2) is 24.3 Å². The maximum absolute atomic E-state index is 13.0. The van der Waals surface area contributed by atoms with Gasteiger partial charge in [-0.3, -0.25) is 4.79 Å². The third kappa shape index (κ3) is 3.83. The van der Waals surface area contributed by atoms with Crippen LogP contribution in [0.25, 0.3) is 0 Å². The second-order valence-corrected chi connectivity index (χ2v) is 5.03. The van der Waals surface area contributed by atoms with Gasteiger partial charge in [0.05, 0.1) is 0 Å². The second-order valence-electron chi connectivity index (χ2n) is 5.03. The molecule has 0 aliphatic heterocycles. The van der Waals surface area contributed by atoms with Gasteiger partial charge >= 0.3 is 0 Å². The maximum atomic E-state index is 13.0. The lowest BCUT2D eigenvalue weighted by atomic mass is 9.96. The number of hydrogen-bond donors (Lipinski definition) is 1. The molecule has 2 rings (SSSR count). The van der Waals surface area contributed by atoms with Crippen molar-refractivity contribution in [2.24, 2.45) is 0 Å². The molecule has 18 heavy (non-hydrogen) atoms. The largest absolute Gasteiger partial charge is 0.349 e. The molecule has 1 aliphatic rings. The van der Waals surface area contributed by atoms with Gasteiger partial charge in [0.25, 0.3) is 5.91 Å². The van der Waals surface area contributed by atoms with Crippen molar-refractivity contribution in [3.63, 3.8) is 0 Å². The Hall–Kier alpha value is -1.38. The zero-order valence-corrected chi connectivity index (χ0v) is 10.6. The molecule has 1 N–H and O–H groups in total. The van der Waals surface area contributed by atoms with Crippen LogP contribution < -0.4 is 5.32 Å².